The van der Waals surface area contributed by atoms with Crippen molar-refractivity contribution in [1.29, 1.82) is 0 Å². The standard InChI is InChI=1S/C34H36ClN3O2/c1-38(25-27-14-10-17-29(35)24-27)23-11-20-32(34(40)36-22-21-26-12-4-2-5-13-26)37-33(39)31-19-9-8-18-30(31)28-15-6-3-7-16-28/h2-10,12-19,24,32H,11,20-23,25H2,1H3,(H,36,40)(H,37,39)/t32-/m0/s1. The molecule has 0 aliphatic heterocycles. The molecule has 6 heteroatoms. The van der Waals surface area contributed by atoms with Gasteiger partial charge in [-0.3, -0.25) is 9.59 Å². The first-order valence-corrected chi connectivity index (χ1v) is 14.1. The summed E-state index contributed by atoms with van der Waals surface area (Å²) in [6, 6.07) is 34.6. The van der Waals surface area contributed by atoms with Crippen molar-refractivity contribution < 1.29 is 9.59 Å². The van der Waals surface area contributed by atoms with Crippen molar-refractivity contribution in [2.45, 2.75) is 31.8 Å². The third-order valence-electron chi connectivity index (χ3n) is 6.81. The fourth-order valence-corrected chi connectivity index (χ4v) is 4.96. The molecule has 4 aromatic rings. The van der Waals surface area contributed by atoms with Crippen LogP contribution in [-0.4, -0.2) is 42.9 Å². The highest BCUT2D eigenvalue weighted by molar-refractivity contribution is 6.30. The van der Waals surface area contributed by atoms with E-state index >= 15 is 0 Å². The molecule has 0 aliphatic rings. The Kier molecular flexibility index (Phi) is 10.9. The zero-order valence-corrected chi connectivity index (χ0v) is 23.6. The van der Waals surface area contributed by atoms with Gasteiger partial charge in [0.1, 0.15) is 6.04 Å². The van der Waals surface area contributed by atoms with Gasteiger partial charge in [0, 0.05) is 23.7 Å². The number of nitrogens with zero attached hydrogens (tertiary/aromatic N) is 1. The molecule has 2 N–H and O–H groups in total. The van der Waals surface area contributed by atoms with Crippen molar-refractivity contribution in [3.8, 4) is 11.1 Å². The lowest BCUT2D eigenvalue weighted by atomic mass is 9.98. The fraction of sp³-hybridized carbons (Fsp3) is 0.235. The van der Waals surface area contributed by atoms with E-state index in [1.54, 1.807) is 6.07 Å². The fourth-order valence-electron chi connectivity index (χ4n) is 4.74. The van der Waals surface area contributed by atoms with Crippen LogP contribution in [0.3, 0.4) is 0 Å². The average Bonchev–Trinajstić information content (AvgIpc) is 2.97. The third kappa shape index (κ3) is 8.80. The lowest BCUT2D eigenvalue weighted by molar-refractivity contribution is -0.123. The Morgan fingerprint density at radius 1 is 0.825 bits per heavy atom. The average molecular weight is 554 g/mol. The van der Waals surface area contributed by atoms with Crippen LogP contribution in [0.4, 0.5) is 0 Å². The summed E-state index contributed by atoms with van der Waals surface area (Å²) in [6.07, 6.45) is 2.00. The van der Waals surface area contributed by atoms with E-state index in [1.807, 2.05) is 104 Å². The Hall–Kier alpha value is -3.93. The zero-order valence-electron chi connectivity index (χ0n) is 22.9. The Morgan fingerprint density at radius 2 is 1.50 bits per heavy atom. The number of hydrogen-bond donors (Lipinski definition) is 2. The quantitative estimate of drug-likeness (QED) is 0.202. The molecular formula is C34H36ClN3O2. The van der Waals surface area contributed by atoms with Gasteiger partial charge in [-0.25, -0.2) is 0 Å². The Labute approximate surface area is 242 Å². The van der Waals surface area contributed by atoms with E-state index in [-0.39, 0.29) is 11.8 Å². The van der Waals surface area contributed by atoms with Gasteiger partial charge in [-0.05, 0) is 73.3 Å². The van der Waals surface area contributed by atoms with Crippen LogP contribution in [0.5, 0.6) is 0 Å². The number of carbonyl (C=O) groups is 2. The second-order valence-electron chi connectivity index (χ2n) is 9.97. The summed E-state index contributed by atoms with van der Waals surface area (Å²) in [4.78, 5) is 29.0. The van der Waals surface area contributed by atoms with Gasteiger partial charge < -0.3 is 15.5 Å². The molecule has 5 nitrogen and oxygen atoms in total. The van der Waals surface area contributed by atoms with Crippen LogP contribution in [-0.2, 0) is 17.8 Å². The van der Waals surface area contributed by atoms with Crippen molar-refractivity contribution >= 4 is 23.4 Å². The minimum atomic E-state index is -0.647. The van der Waals surface area contributed by atoms with Crippen LogP contribution in [0.15, 0.2) is 109 Å². The molecule has 0 saturated heterocycles. The highest BCUT2D eigenvalue weighted by Crippen LogP contribution is 2.23. The first kappa shape index (κ1) is 29.1. The largest absolute Gasteiger partial charge is 0.354 e. The molecule has 0 saturated carbocycles. The lowest BCUT2D eigenvalue weighted by Gasteiger charge is -2.22. The number of halogens is 1. The normalized spacial score (nSPS) is 11.7. The lowest BCUT2D eigenvalue weighted by Crippen LogP contribution is -2.47. The van der Waals surface area contributed by atoms with E-state index in [4.69, 9.17) is 11.6 Å². The molecule has 2 amide bonds. The van der Waals surface area contributed by atoms with E-state index < -0.39 is 6.04 Å². The number of rotatable bonds is 13. The molecule has 4 aromatic carbocycles. The van der Waals surface area contributed by atoms with Gasteiger partial charge in [0.2, 0.25) is 5.91 Å². The summed E-state index contributed by atoms with van der Waals surface area (Å²) < 4.78 is 0. The van der Waals surface area contributed by atoms with E-state index in [2.05, 4.69) is 21.6 Å². The predicted molar refractivity (Wildman–Crippen MR) is 163 cm³/mol. The van der Waals surface area contributed by atoms with Crippen molar-refractivity contribution in [3.05, 3.63) is 131 Å². The van der Waals surface area contributed by atoms with Gasteiger partial charge >= 0.3 is 0 Å². The predicted octanol–water partition coefficient (Wildman–Crippen LogP) is 6.38. The minimum Gasteiger partial charge on any atom is -0.354 e. The molecule has 0 aromatic heterocycles. The molecule has 0 radical (unpaired) electrons. The molecule has 0 spiro atoms. The van der Waals surface area contributed by atoms with Gasteiger partial charge in [-0.15, -0.1) is 0 Å². The topological polar surface area (TPSA) is 61.4 Å². The maximum Gasteiger partial charge on any atom is 0.252 e. The van der Waals surface area contributed by atoms with E-state index in [9.17, 15) is 9.59 Å². The van der Waals surface area contributed by atoms with Crippen molar-refractivity contribution in [1.82, 2.24) is 15.5 Å². The van der Waals surface area contributed by atoms with Crippen LogP contribution in [0.2, 0.25) is 5.02 Å². The first-order chi connectivity index (χ1) is 19.5. The molecule has 0 fully saturated rings. The molecule has 0 heterocycles. The van der Waals surface area contributed by atoms with Gasteiger partial charge in [0.25, 0.3) is 5.91 Å². The zero-order chi connectivity index (χ0) is 28.2. The van der Waals surface area contributed by atoms with Crippen LogP contribution >= 0.6 is 11.6 Å². The van der Waals surface area contributed by atoms with Crippen LogP contribution in [0.1, 0.15) is 34.3 Å². The first-order valence-electron chi connectivity index (χ1n) is 13.7. The van der Waals surface area contributed by atoms with Gasteiger partial charge in [0.05, 0.1) is 0 Å². The molecule has 0 bridgehead atoms. The highest BCUT2D eigenvalue weighted by Gasteiger charge is 2.23. The summed E-state index contributed by atoms with van der Waals surface area (Å²) in [7, 11) is 2.05. The highest BCUT2D eigenvalue weighted by atomic mass is 35.5. The molecule has 0 aliphatic carbocycles. The Balaban J connectivity index is 1.41. The summed E-state index contributed by atoms with van der Waals surface area (Å²) in [5.41, 5.74) is 4.64. The summed E-state index contributed by atoms with van der Waals surface area (Å²) >= 11 is 6.14. The van der Waals surface area contributed by atoms with E-state index in [0.717, 1.165) is 53.2 Å². The Morgan fingerprint density at radius 3 is 2.25 bits per heavy atom. The van der Waals surface area contributed by atoms with Crippen LogP contribution in [0.25, 0.3) is 11.1 Å². The monoisotopic (exact) mass is 553 g/mol. The molecule has 1 atom stereocenters. The van der Waals surface area contributed by atoms with Crippen molar-refractivity contribution in [2.75, 3.05) is 20.1 Å². The molecule has 4 rings (SSSR count). The third-order valence-corrected chi connectivity index (χ3v) is 7.04. The van der Waals surface area contributed by atoms with Gasteiger partial charge in [0.15, 0.2) is 0 Å². The molecule has 0 unspecified atom stereocenters. The van der Waals surface area contributed by atoms with Crippen LogP contribution < -0.4 is 10.6 Å². The molecule has 206 valence electrons. The molecule has 40 heavy (non-hydrogen) atoms. The summed E-state index contributed by atoms with van der Waals surface area (Å²) in [5, 5.41) is 6.79. The smallest absolute Gasteiger partial charge is 0.252 e. The SMILES string of the molecule is CN(CCC[C@H](NC(=O)c1ccccc1-c1ccccc1)C(=O)NCCc1ccccc1)Cc1cccc(Cl)c1. The van der Waals surface area contributed by atoms with Crippen LogP contribution in [0, 0.1) is 0 Å². The maximum atomic E-state index is 13.5. The number of hydrogen-bond acceptors (Lipinski definition) is 3. The maximum absolute atomic E-state index is 13.5. The van der Waals surface area contributed by atoms with Crippen molar-refractivity contribution in [3.63, 3.8) is 0 Å². The number of carbonyl (C=O) groups excluding carboxylic acids is 2. The van der Waals surface area contributed by atoms with Gasteiger partial charge in [-0.1, -0.05) is 103 Å². The Bertz CT molecular complexity index is 1380. The number of amides is 2. The van der Waals surface area contributed by atoms with Crippen molar-refractivity contribution in [2.24, 2.45) is 0 Å². The van der Waals surface area contributed by atoms with E-state index in [0.29, 0.717) is 18.5 Å². The number of benzene rings is 4. The van der Waals surface area contributed by atoms with Gasteiger partial charge in [-0.2, -0.15) is 0 Å². The van der Waals surface area contributed by atoms with E-state index in [1.165, 1.54) is 0 Å². The second kappa shape index (κ2) is 15.0. The minimum absolute atomic E-state index is 0.168. The summed E-state index contributed by atoms with van der Waals surface area (Å²) in [5.74, 6) is -0.422. The number of nitrogens with one attached hydrogen (secondary N) is 2. The molecular weight excluding hydrogens is 518 g/mol. The second-order valence-corrected chi connectivity index (χ2v) is 10.4. The summed E-state index contributed by atoms with van der Waals surface area (Å²) in [6.45, 7) is 2.03.